The molecule has 0 saturated carbocycles. The second-order valence-corrected chi connectivity index (χ2v) is 11.1. The molecule has 2 amide bonds. The van der Waals surface area contributed by atoms with E-state index in [1.807, 2.05) is 44.2 Å². The van der Waals surface area contributed by atoms with Crippen LogP contribution >= 0.6 is 11.6 Å². The molecule has 0 aliphatic carbocycles. The highest BCUT2D eigenvalue weighted by atomic mass is 35.5. The molecule has 0 aromatic heterocycles. The van der Waals surface area contributed by atoms with Gasteiger partial charge >= 0.3 is 12.0 Å². The number of carbonyl (C=O) groups is 2. The molecule has 4 N–H and O–H groups in total. The van der Waals surface area contributed by atoms with Gasteiger partial charge in [-0.1, -0.05) is 41.9 Å². The van der Waals surface area contributed by atoms with E-state index >= 15 is 0 Å². The summed E-state index contributed by atoms with van der Waals surface area (Å²) in [6.45, 7) is 10.0. The number of aliphatic hydroxyl groups excluding tert-OH is 1. The van der Waals surface area contributed by atoms with Crippen LogP contribution in [-0.4, -0.2) is 56.5 Å². The number of hydrogen-bond acceptors (Lipinski definition) is 10. The van der Waals surface area contributed by atoms with Crippen molar-refractivity contribution in [1.29, 1.82) is 0 Å². The Bertz CT molecular complexity index is 1710. The van der Waals surface area contributed by atoms with Crippen LogP contribution in [0.2, 0.25) is 5.02 Å². The molecular weight excluding hydrogens is 652 g/mol. The number of carbonyl (C=O) groups excluding carboxylic acids is 2. The first-order valence-electron chi connectivity index (χ1n) is 15.7. The highest BCUT2D eigenvalue weighted by Gasteiger charge is 2.32. The van der Waals surface area contributed by atoms with E-state index in [4.69, 9.17) is 35.3 Å². The molecule has 0 spiro atoms. The summed E-state index contributed by atoms with van der Waals surface area (Å²) >= 11 is 6.33. The number of hydrazone groups is 1. The predicted octanol–water partition coefficient (Wildman–Crippen LogP) is 5.57. The van der Waals surface area contributed by atoms with Gasteiger partial charge in [0.15, 0.2) is 29.2 Å². The molecule has 0 radical (unpaired) electrons. The number of benzene rings is 3. The summed E-state index contributed by atoms with van der Waals surface area (Å²) in [6, 6.07) is 15.0. The van der Waals surface area contributed by atoms with Crippen molar-refractivity contribution < 1.29 is 38.4 Å². The smallest absolute Gasteiger partial charge is 0.337 e. The average Bonchev–Trinajstić information content (AvgIpc) is 3.08. The maximum absolute atomic E-state index is 12.5. The van der Waals surface area contributed by atoms with Crippen LogP contribution in [0.1, 0.15) is 49.1 Å². The summed E-state index contributed by atoms with van der Waals surface area (Å²) in [6.07, 6.45) is 2.67. The summed E-state index contributed by atoms with van der Waals surface area (Å²) in [5, 5.41) is 20.8. The third-order valence-electron chi connectivity index (χ3n) is 7.26. The lowest BCUT2D eigenvalue weighted by Gasteiger charge is -2.28. The Labute approximate surface area is 290 Å². The van der Waals surface area contributed by atoms with Gasteiger partial charge in [0.2, 0.25) is 0 Å². The van der Waals surface area contributed by atoms with E-state index in [-0.39, 0.29) is 18.8 Å². The molecule has 0 saturated heterocycles. The summed E-state index contributed by atoms with van der Waals surface area (Å²) in [5.41, 5.74) is 6.30. The van der Waals surface area contributed by atoms with Gasteiger partial charge in [0.1, 0.15) is 13.2 Å². The first-order valence-corrected chi connectivity index (χ1v) is 16.1. The zero-order valence-corrected chi connectivity index (χ0v) is 28.6. The lowest BCUT2D eigenvalue weighted by Crippen LogP contribution is -2.45. The van der Waals surface area contributed by atoms with Crippen LogP contribution in [0.3, 0.4) is 0 Å². The molecule has 0 fully saturated rings. The van der Waals surface area contributed by atoms with Crippen LogP contribution in [0.4, 0.5) is 4.79 Å². The molecule has 0 bridgehead atoms. The third kappa shape index (κ3) is 9.68. The van der Waals surface area contributed by atoms with E-state index in [1.54, 1.807) is 43.5 Å². The Balaban J connectivity index is 1.44. The number of methoxy groups -OCH3 is 1. The fourth-order valence-electron chi connectivity index (χ4n) is 5.08. The highest BCUT2D eigenvalue weighted by Crippen LogP contribution is 2.36. The molecule has 13 heteroatoms. The van der Waals surface area contributed by atoms with Crippen LogP contribution < -0.4 is 35.0 Å². The number of amides is 2. The van der Waals surface area contributed by atoms with E-state index in [1.165, 1.54) is 7.11 Å². The number of halogens is 1. The molecule has 0 unspecified atom stereocenters. The molecule has 1 aliphatic rings. The lowest BCUT2D eigenvalue weighted by atomic mass is 9.95. The predicted molar refractivity (Wildman–Crippen MR) is 186 cm³/mol. The van der Waals surface area contributed by atoms with Gasteiger partial charge < -0.3 is 39.4 Å². The summed E-state index contributed by atoms with van der Waals surface area (Å²) in [7, 11) is 1.27. The minimum absolute atomic E-state index is 0.173. The highest BCUT2D eigenvalue weighted by molar-refractivity contribution is 6.31. The number of nitrogens with one attached hydrogen (secondary N) is 3. The van der Waals surface area contributed by atoms with E-state index < -0.39 is 24.3 Å². The van der Waals surface area contributed by atoms with Gasteiger partial charge in [-0.15, -0.1) is 6.58 Å². The molecule has 3 aromatic carbocycles. The van der Waals surface area contributed by atoms with E-state index in [2.05, 4.69) is 27.7 Å². The van der Waals surface area contributed by atoms with Gasteiger partial charge in [0.05, 0.1) is 38.2 Å². The van der Waals surface area contributed by atoms with Gasteiger partial charge in [-0.05, 0) is 68.7 Å². The Kier molecular flexibility index (Phi) is 13.3. The molecule has 3 aromatic rings. The van der Waals surface area contributed by atoms with Crippen molar-refractivity contribution in [3.63, 3.8) is 0 Å². The molecule has 12 nitrogen and oxygen atoms in total. The van der Waals surface area contributed by atoms with Crippen LogP contribution in [0.25, 0.3) is 0 Å². The number of allylic oxidation sites excluding steroid dienone is 2. The number of nitrogens with zero attached hydrogens (tertiary/aromatic N) is 1. The SMILES string of the molecule is C=CCc1cc(/C=N\N[C@@H](O)COc2ccc([C@H]3NC(=O)NC(C)=C3C(=O)OC)cc2OCC)cc(OCC)c1OCc1ccccc1Cl. The Hall–Kier alpha value is -5.20. The fourth-order valence-corrected chi connectivity index (χ4v) is 5.27. The monoisotopic (exact) mass is 692 g/mol. The minimum atomic E-state index is -1.18. The van der Waals surface area contributed by atoms with Crippen molar-refractivity contribution in [2.75, 3.05) is 26.9 Å². The third-order valence-corrected chi connectivity index (χ3v) is 7.63. The van der Waals surface area contributed by atoms with Crippen molar-refractivity contribution >= 4 is 29.8 Å². The van der Waals surface area contributed by atoms with Gasteiger partial charge in [0.25, 0.3) is 0 Å². The van der Waals surface area contributed by atoms with Crippen LogP contribution in [0.5, 0.6) is 23.0 Å². The molecule has 2 atom stereocenters. The number of urea groups is 1. The first-order chi connectivity index (χ1) is 23.7. The maximum atomic E-state index is 12.5. The van der Waals surface area contributed by atoms with Crippen LogP contribution in [0, 0.1) is 0 Å². The van der Waals surface area contributed by atoms with Crippen molar-refractivity contribution in [3.8, 4) is 23.0 Å². The second kappa shape index (κ2) is 17.8. The average molecular weight is 693 g/mol. The van der Waals surface area contributed by atoms with Crippen molar-refractivity contribution in [2.45, 2.75) is 46.1 Å². The number of ether oxygens (including phenoxy) is 5. The number of rotatable bonds is 17. The van der Waals surface area contributed by atoms with Gasteiger partial charge in [-0.25, -0.2) is 9.59 Å². The number of hydrogen-bond donors (Lipinski definition) is 4. The van der Waals surface area contributed by atoms with Crippen molar-refractivity contribution in [3.05, 3.63) is 106 Å². The zero-order chi connectivity index (χ0) is 35.3. The first kappa shape index (κ1) is 36.6. The van der Waals surface area contributed by atoms with Crippen molar-refractivity contribution in [1.82, 2.24) is 16.1 Å². The van der Waals surface area contributed by atoms with Gasteiger partial charge in [0, 0.05) is 21.8 Å². The molecule has 1 aliphatic heterocycles. The topological polar surface area (TPSA) is 149 Å². The van der Waals surface area contributed by atoms with E-state index in [0.717, 1.165) is 11.1 Å². The Morgan fingerprint density at radius 1 is 1.04 bits per heavy atom. The standard InChI is InChI=1S/C36H41ClN4O8/c1-6-11-25-16-23(17-30(47-8-3)34(25)49-20-26-12-9-10-13-27(26)37)19-38-41-31(42)21-48-28-15-14-24(18-29(28)46-7-2)33-32(35(43)45-5)22(4)39-36(44)40-33/h6,9-10,12-19,31,33,41-42H,1,7-8,11,20-21H2,2-5H3,(H2,39,40,44)/b38-19-/t31-,33+/m0/s1. The van der Waals surface area contributed by atoms with E-state index in [9.17, 15) is 14.7 Å². The summed E-state index contributed by atoms with van der Waals surface area (Å²) in [5.74, 6) is 1.26. The van der Waals surface area contributed by atoms with Crippen LogP contribution in [0.15, 0.2) is 83.6 Å². The summed E-state index contributed by atoms with van der Waals surface area (Å²) < 4.78 is 28.7. The fraction of sp³-hybridized carbons (Fsp3) is 0.306. The van der Waals surface area contributed by atoms with Gasteiger partial charge in [-0.2, -0.15) is 5.10 Å². The number of esters is 1. The molecular formula is C36H41ClN4O8. The normalized spacial score (nSPS) is 14.8. The molecule has 4 rings (SSSR count). The molecule has 260 valence electrons. The maximum Gasteiger partial charge on any atom is 0.337 e. The second-order valence-electron chi connectivity index (χ2n) is 10.7. The Morgan fingerprint density at radius 3 is 2.51 bits per heavy atom. The van der Waals surface area contributed by atoms with Gasteiger partial charge in [-0.3, -0.25) is 5.43 Å². The minimum Gasteiger partial charge on any atom is -0.490 e. The lowest BCUT2D eigenvalue weighted by molar-refractivity contribution is -0.136. The quantitative estimate of drug-likeness (QED) is 0.0469. The van der Waals surface area contributed by atoms with Crippen LogP contribution in [-0.2, 0) is 22.6 Å². The molecule has 1 heterocycles. The number of aliphatic hydroxyl groups is 1. The van der Waals surface area contributed by atoms with Crippen molar-refractivity contribution in [2.24, 2.45) is 5.10 Å². The summed E-state index contributed by atoms with van der Waals surface area (Å²) in [4.78, 5) is 24.7. The molecule has 49 heavy (non-hydrogen) atoms. The van der Waals surface area contributed by atoms with E-state index in [0.29, 0.717) is 64.5 Å². The Morgan fingerprint density at radius 2 is 1.80 bits per heavy atom. The zero-order valence-electron chi connectivity index (χ0n) is 27.9. The largest absolute Gasteiger partial charge is 0.490 e.